The Hall–Kier alpha value is -2.52. The highest BCUT2D eigenvalue weighted by Gasteiger charge is 2.17. The van der Waals surface area contributed by atoms with Crippen molar-refractivity contribution in [3.8, 4) is 22.9 Å². The lowest BCUT2D eigenvalue weighted by Gasteiger charge is -2.10. The van der Waals surface area contributed by atoms with Gasteiger partial charge in [-0.1, -0.05) is 27.7 Å². The molecule has 0 saturated heterocycles. The second-order valence-electron chi connectivity index (χ2n) is 6.87. The first-order chi connectivity index (χ1) is 14.5. The van der Waals surface area contributed by atoms with Crippen LogP contribution in [0.15, 0.2) is 46.0 Å². The van der Waals surface area contributed by atoms with Crippen LogP contribution in [-0.2, 0) is 11.8 Å². The number of rotatable bonds is 5. The summed E-state index contributed by atoms with van der Waals surface area (Å²) in [5.74, 6) is 2.31. The molecular weight excluding hydrogens is 468 g/mol. The number of ether oxygens (including phenoxy) is 2. The van der Waals surface area contributed by atoms with Gasteiger partial charge in [0.2, 0.25) is 5.91 Å². The first-order valence-electron chi connectivity index (χ1n) is 9.49. The largest absolute Gasteiger partial charge is 0.490 e. The molecule has 2 heterocycles. The van der Waals surface area contributed by atoms with Crippen LogP contribution in [0.3, 0.4) is 0 Å². The predicted octanol–water partition coefficient (Wildman–Crippen LogP) is 4.45. The summed E-state index contributed by atoms with van der Waals surface area (Å²) in [6, 6.07) is 11.5. The predicted molar refractivity (Wildman–Crippen MR) is 120 cm³/mol. The number of hydrogen-bond acceptors (Lipinski definition) is 6. The number of nitrogens with zero attached hydrogens (tertiary/aromatic N) is 3. The molecule has 2 aromatic carbocycles. The molecule has 0 aliphatic carbocycles. The molecule has 3 aromatic rings. The van der Waals surface area contributed by atoms with Gasteiger partial charge in [-0.3, -0.25) is 4.79 Å². The molecule has 1 N–H and O–H groups in total. The highest BCUT2D eigenvalue weighted by molar-refractivity contribution is 9.10. The molecule has 1 aliphatic rings. The highest BCUT2D eigenvalue weighted by atomic mass is 79.9. The van der Waals surface area contributed by atoms with E-state index in [2.05, 4.69) is 31.4 Å². The third-order valence-corrected chi connectivity index (χ3v) is 6.15. The van der Waals surface area contributed by atoms with Crippen LogP contribution in [0.4, 0.5) is 5.69 Å². The van der Waals surface area contributed by atoms with E-state index in [1.54, 1.807) is 0 Å². The maximum absolute atomic E-state index is 12.4. The number of carbonyl (C=O) groups excluding carboxylic acids is 1. The Bertz CT molecular complexity index is 1090. The molecule has 0 radical (unpaired) electrons. The van der Waals surface area contributed by atoms with Crippen molar-refractivity contribution in [1.82, 2.24) is 14.8 Å². The molecule has 156 valence electrons. The average Bonchev–Trinajstić information content (AvgIpc) is 2.94. The number of fused-ring (bicyclic) bond motifs is 1. The Morgan fingerprint density at radius 2 is 1.97 bits per heavy atom. The summed E-state index contributed by atoms with van der Waals surface area (Å²) >= 11 is 4.77. The van der Waals surface area contributed by atoms with Crippen LogP contribution in [0.2, 0.25) is 0 Å². The molecule has 1 aromatic heterocycles. The van der Waals surface area contributed by atoms with Crippen molar-refractivity contribution in [1.29, 1.82) is 0 Å². The fourth-order valence-electron chi connectivity index (χ4n) is 3.08. The van der Waals surface area contributed by atoms with E-state index in [-0.39, 0.29) is 11.7 Å². The molecule has 30 heavy (non-hydrogen) atoms. The maximum Gasteiger partial charge on any atom is 0.234 e. The van der Waals surface area contributed by atoms with Crippen molar-refractivity contribution in [3.05, 3.63) is 46.4 Å². The van der Waals surface area contributed by atoms with Gasteiger partial charge in [0.25, 0.3) is 0 Å². The second kappa shape index (κ2) is 9.09. The summed E-state index contributed by atoms with van der Waals surface area (Å²) in [4.78, 5) is 12.4. The number of thioether (sulfide) groups is 1. The minimum atomic E-state index is -0.0921. The van der Waals surface area contributed by atoms with Crippen molar-refractivity contribution in [2.45, 2.75) is 18.5 Å². The highest BCUT2D eigenvalue weighted by Crippen LogP contribution is 2.34. The number of amides is 1. The Labute approximate surface area is 187 Å². The van der Waals surface area contributed by atoms with Gasteiger partial charge in [-0.2, -0.15) is 0 Å². The van der Waals surface area contributed by atoms with Gasteiger partial charge in [0.1, 0.15) is 0 Å². The quantitative estimate of drug-likeness (QED) is 0.534. The van der Waals surface area contributed by atoms with Crippen LogP contribution in [-0.4, -0.2) is 39.6 Å². The van der Waals surface area contributed by atoms with E-state index < -0.39 is 0 Å². The summed E-state index contributed by atoms with van der Waals surface area (Å²) in [6.45, 7) is 3.24. The Balaban J connectivity index is 1.43. The number of aryl methyl sites for hydroxylation is 1. The normalized spacial score (nSPS) is 13.0. The lowest BCUT2D eigenvalue weighted by atomic mass is 10.2. The van der Waals surface area contributed by atoms with Gasteiger partial charge in [0.05, 0.1) is 19.0 Å². The van der Waals surface area contributed by atoms with E-state index in [9.17, 15) is 4.79 Å². The van der Waals surface area contributed by atoms with E-state index in [4.69, 9.17) is 9.47 Å². The Morgan fingerprint density at radius 3 is 2.77 bits per heavy atom. The third kappa shape index (κ3) is 4.62. The van der Waals surface area contributed by atoms with Crippen molar-refractivity contribution in [2.24, 2.45) is 7.05 Å². The molecule has 1 aliphatic heterocycles. The minimum absolute atomic E-state index is 0.0921. The van der Waals surface area contributed by atoms with Crippen molar-refractivity contribution in [3.63, 3.8) is 0 Å². The van der Waals surface area contributed by atoms with Crippen molar-refractivity contribution >= 4 is 39.3 Å². The summed E-state index contributed by atoms with van der Waals surface area (Å²) in [5, 5.41) is 12.2. The van der Waals surface area contributed by atoms with Gasteiger partial charge in [-0.05, 0) is 48.9 Å². The standard InChI is InChI=1S/C21H21BrN4O3S/c1-13-10-15(22)5-6-16(13)23-19(27)12-30-21-25-24-20(26(21)2)14-4-7-17-18(11-14)29-9-3-8-28-17/h4-7,10-11H,3,8-9,12H2,1-2H3,(H,23,27). The summed E-state index contributed by atoms with van der Waals surface area (Å²) < 4.78 is 14.3. The van der Waals surface area contributed by atoms with Gasteiger partial charge >= 0.3 is 0 Å². The van der Waals surface area contributed by atoms with Gasteiger partial charge in [-0.25, -0.2) is 0 Å². The lowest BCUT2D eigenvalue weighted by Crippen LogP contribution is -2.15. The number of aromatic nitrogens is 3. The molecule has 7 nitrogen and oxygen atoms in total. The van der Waals surface area contributed by atoms with E-state index in [0.717, 1.165) is 33.5 Å². The van der Waals surface area contributed by atoms with Gasteiger partial charge in [0.15, 0.2) is 22.5 Å². The van der Waals surface area contributed by atoms with Gasteiger partial charge in [-0.15, -0.1) is 10.2 Å². The zero-order chi connectivity index (χ0) is 21.1. The molecule has 0 unspecified atom stereocenters. The molecule has 1 amide bonds. The van der Waals surface area contributed by atoms with Gasteiger partial charge in [0, 0.05) is 29.2 Å². The number of hydrogen-bond donors (Lipinski definition) is 1. The Kier molecular flexibility index (Phi) is 6.29. The molecule has 0 bridgehead atoms. The monoisotopic (exact) mass is 488 g/mol. The molecule has 0 atom stereocenters. The fourth-order valence-corrected chi connectivity index (χ4v) is 4.26. The first-order valence-corrected chi connectivity index (χ1v) is 11.3. The third-order valence-electron chi connectivity index (χ3n) is 4.64. The summed E-state index contributed by atoms with van der Waals surface area (Å²) in [7, 11) is 1.89. The van der Waals surface area contributed by atoms with E-state index in [0.29, 0.717) is 29.9 Å². The van der Waals surface area contributed by atoms with Crippen LogP contribution >= 0.6 is 27.7 Å². The number of anilines is 1. The van der Waals surface area contributed by atoms with Crippen LogP contribution < -0.4 is 14.8 Å². The number of nitrogens with one attached hydrogen (secondary N) is 1. The fraction of sp³-hybridized carbons (Fsp3) is 0.286. The number of benzene rings is 2. The molecule has 0 saturated carbocycles. The smallest absolute Gasteiger partial charge is 0.234 e. The van der Waals surface area contributed by atoms with E-state index in [1.807, 2.05) is 54.9 Å². The summed E-state index contributed by atoms with van der Waals surface area (Å²) in [5.41, 5.74) is 2.68. The zero-order valence-electron chi connectivity index (χ0n) is 16.6. The number of halogens is 1. The maximum atomic E-state index is 12.4. The van der Waals surface area contributed by atoms with Gasteiger partial charge < -0.3 is 19.4 Å². The minimum Gasteiger partial charge on any atom is -0.490 e. The van der Waals surface area contributed by atoms with Crippen LogP contribution in [0, 0.1) is 6.92 Å². The molecule has 4 rings (SSSR count). The zero-order valence-corrected chi connectivity index (χ0v) is 19.0. The Morgan fingerprint density at radius 1 is 1.17 bits per heavy atom. The van der Waals surface area contributed by atoms with Crippen molar-refractivity contribution < 1.29 is 14.3 Å². The average molecular weight is 489 g/mol. The van der Waals surface area contributed by atoms with E-state index in [1.165, 1.54) is 11.8 Å². The first kappa shape index (κ1) is 20.7. The topological polar surface area (TPSA) is 78.3 Å². The molecule has 0 spiro atoms. The SMILES string of the molecule is Cc1cc(Br)ccc1NC(=O)CSc1nnc(-c2ccc3c(c2)OCCCO3)n1C. The molecule has 9 heteroatoms. The van der Waals surface area contributed by atoms with E-state index >= 15 is 0 Å². The molecular formula is C21H21BrN4O3S. The van der Waals surface area contributed by atoms with Crippen molar-refractivity contribution in [2.75, 3.05) is 24.3 Å². The number of carbonyl (C=O) groups is 1. The second-order valence-corrected chi connectivity index (χ2v) is 8.73. The van der Waals surface area contributed by atoms with Crippen LogP contribution in [0.25, 0.3) is 11.4 Å². The van der Waals surface area contributed by atoms with Crippen LogP contribution in [0.1, 0.15) is 12.0 Å². The summed E-state index contributed by atoms with van der Waals surface area (Å²) in [6.07, 6.45) is 0.858. The molecule has 0 fully saturated rings. The lowest BCUT2D eigenvalue weighted by molar-refractivity contribution is -0.113. The van der Waals surface area contributed by atoms with Crippen LogP contribution in [0.5, 0.6) is 11.5 Å².